The van der Waals surface area contributed by atoms with Crippen molar-refractivity contribution in [3.8, 4) is 0 Å². The van der Waals surface area contributed by atoms with Crippen LogP contribution in [0.1, 0.15) is 12.0 Å². The van der Waals surface area contributed by atoms with E-state index in [9.17, 15) is 8.78 Å². The van der Waals surface area contributed by atoms with Gasteiger partial charge in [-0.15, -0.1) is 0 Å². The maximum absolute atomic E-state index is 11.9. The Morgan fingerprint density at radius 1 is 1.55 bits per heavy atom. The Labute approximate surface area is 67.0 Å². The molecule has 0 aromatic carbocycles. The highest BCUT2D eigenvalue weighted by Crippen LogP contribution is 2.23. The lowest BCUT2D eigenvalue weighted by molar-refractivity contribution is 0.151. The molecule has 1 aromatic rings. The molecule has 0 aliphatic carbocycles. The van der Waals surface area contributed by atoms with Crippen LogP contribution >= 0.6 is 11.6 Å². The van der Waals surface area contributed by atoms with E-state index < -0.39 is 6.43 Å². The normalized spacial score (nSPS) is 10.5. The van der Waals surface area contributed by atoms with Crippen molar-refractivity contribution in [1.29, 1.82) is 0 Å². The second-order valence-corrected chi connectivity index (χ2v) is 2.34. The zero-order chi connectivity index (χ0) is 8.43. The number of nitrogens with two attached hydrogens (primary N) is 1. The molecule has 0 spiro atoms. The van der Waals surface area contributed by atoms with E-state index in [0.29, 0.717) is 0 Å². The Kier molecular flexibility index (Phi) is 2.24. The molecule has 0 bridgehead atoms. The third-order valence-electron chi connectivity index (χ3n) is 1.14. The van der Waals surface area contributed by atoms with Gasteiger partial charge >= 0.3 is 0 Å². The van der Waals surface area contributed by atoms with Crippen molar-refractivity contribution in [2.24, 2.45) is 0 Å². The molecular formula is C6H5ClF2N2. The van der Waals surface area contributed by atoms with E-state index in [0.717, 1.165) is 12.3 Å². The number of hydrogen-bond donors (Lipinski definition) is 1. The molecule has 0 aliphatic heterocycles. The lowest BCUT2D eigenvalue weighted by Crippen LogP contribution is -1.93. The lowest BCUT2D eigenvalue weighted by Gasteiger charge is -2.00. The molecule has 1 heterocycles. The summed E-state index contributed by atoms with van der Waals surface area (Å²) in [6.45, 7) is 0. The predicted molar refractivity (Wildman–Crippen MR) is 38.6 cm³/mol. The van der Waals surface area contributed by atoms with Crippen LogP contribution in [0, 0.1) is 0 Å². The molecule has 0 fully saturated rings. The number of nitrogens with zero attached hydrogens (tertiary/aromatic N) is 1. The quantitative estimate of drug-likeness (QED) is 0.717. The summed E-state index contributed by atoms with van der Waals surface area (Å²) in [7, 11) is 0. The monoisotopic (exact) mass is 178 g/mol. The molecule has 0 aliphatic rings. The van der Waals surface area contributed by atoms with Crippen molar-refractivity contribution < 1.29 is 8.78 Å². The Morgan fingerprint density at radius 2 is 2.18 bits per heavy atom. The van der Waals surface area contributed by atoms with Gasteiger partial charge in [-0.1, -0.05) is 11.6 Å². The fourth-order valence-electron chi connectivity index (χ4n) is 0.583. The van der Waals surface area contributed by atoms with Crippen molar-refractivity contribution >= 4 is 17.4 Å². The minimum atomic E-state index is -2.56. The summed E-state index contributed by atoms with van der Waals surface area (Å²) >= 11 is 5.44. The van der Waals surface area contributed by atoms with Crippen molar-refractivity contribution in [2.45, 2.75) is 6.43 Å². The molecule has 2 N–H and O–H groups in total. The van der Waals surface area contributed by atoms with Crippen LogP contribution in [0.25, 0.3) is 0 Å². The number of pyridine rings is 1. The first kappa shape index (κ1) is 8.20. The first-order valence-corrected chi connectivity index (χ1v) is 3.18. The Bertz CT molecular complexity index is 265. The highest BCUT2D eigenvalue weighted by molar-refractivity contribution is 6.32. The molecule has 60 valence electrons. The van der Waals surface area contributed by atoms with Crippen LogP contribution in [0.3, 0.4) is 0 Å². The smallest absolute Gasteiger partial charge is 0.265 e. The van der Waals surface area contributed by atoms with Gasteiger partial charge in [0.15, 0.2) is 0 Å². The van der Waals surface area contributed by atoms with Crippen molar-refractivity contribution in [3.05, 3.63) is 22.8 Å². The minimum Gasteiger partial charge on any atom is -0.382 e. The maximum atomic E-state index is 11.9. The Balaban J connectivity index is 3.05. The van der Waals surface area contributed by atoms with Crippen molar-refractivity contribution in [1.82, 2.24) is 4.98 Å². The maximum Gasteiger partial charge on any atom is 0.265 e. The molecule has 0 radical (unpaired) electrons. The molecule has 0 unspecified atom stereocenters. The summed E-state index contributed by atoms with van der Waals surface area (Å²) in [5, 5.41) is 0.0581. The van der Waals surface area contributed by atoms with E-state index in [2.05, 4.69) is 4.98 Å². The van der Waals surface area contributed by atoms with E-state index in [-0.39, 0.29) is 16.4 Å². The standard InChI is InChI=1S/C6H5ClF2N2/c7-4-1-3(5(8)9)2-11-6(4)10/h1-2,5H,(H2,10,11). The van der Waals surface area contributed by atoms with Gasteiger partial charge in [0.1, 0.15) is 5.82 Å². The molecule has 11 heavy (non-hydrogen) atoms. The first-order valence-electron chi connectivity index (χ1n) is 2.80. The fourth-order valence-corrected chi connectivity index (χ4v) is 0.757. The predicted octanol–water partition coefficient (Wildman–Crippen LogP) is 2.25. The summed E-state index contributed by atoms with van der Waals surface area (Å²) in [4.78, 5) is 3.47. The molecule has 2 nitrogen and oxygen atoms in total. The largest absolute Gasteiger partial charge is 0.382 e. The topological polar surface area (TPSA) is 38.9 Å². The van der Waals surface area contributed by atoms with Gasteiger partial charge in [0.2, 0.25) is 0 Å². The molecule has 5 heteroatoms. The molecule has 0 amide bonds. The number of rotatable bonds is 1. The lowest BCUT2D eigenvalue weighted by atomic mass is 10.3. The average molecular weight is 179 g/mol. The van der Waals surface area contributed by atoms with Gasteiger partial charge in [0, 0.05) is 11.8 Å². The minimum absolute atomic E-state index is 0.0581. The van der Waals surface area contributed by atoms with Gasteiger partial charge in [-0.3, -0.25) is 0 Å². The van der Waals surface area contributed by atoms with E-state index in [1.807, 2.05) is 0 Å². The van der Waals surface area contributed by atoms with Crippen LogP contribution in [0.4, 0.5) is 14.6 Å². The Hall–Kier alpha value is -0.900. The molecular weight excluding hydrogens is 174 g/mol. The second-order valence-electron chi connectivity index (χ2n) is 1.94. The first-order chi connectivity index (χ1) is 5.11. The Morgan fingerprint density at radius 3 is 2.64 bits per heavy atom. The zero-order valence-electron chi connectivity index (χ0n) is 5.39. The van der Waals surface area contributed by atoms with Gasteiger partial charge in [-0.25, -0.2) is 13.8 Å². The summed E-state index contributed by atoms with van der Waals surface area (Å²) in [6.07, 6.45) is -1.55. The van der Waals surface area contributed by atoms with Crippen LogP contribution in [0.15, 0.2) is 12.3 Å². The van der Waals surface area contributed by atoms with E-state index >= 15 is 0 Å². The summed E-state index contributed by atoms with van der Waals surface area (Å²) in [5.41, 5.74) is 4.98. The number of anilines is 1. The number of aromatic nitrogens is 1. The van der Waals surface area contributed by atoms with Gasteiger partial charge in [0.25, 0.3) is 6.43 Å². The third-order valence-corrected chi connectivity index (χ3v) is 1.45. The number of hydrogen-bond acceptors (Lipinski definition) is 2. The fraction of sp³-hybridized carbons (Fsp3) is 0.167. The third kappa shape index (κ3) is 1.77. The molecule has 0 saturated heterocycles. The van der Waals surface area contributed by atoms with Crippen LogP contribution in [0.2, 0.25) is 5.02 Å². The van der Waals surface area contributed by atoms with Gasteiger partial charge in [-0.05, 0) is 6.07 Å². The molecule has 0 atom stereocenters. The van der Waals surface area contributed by atoms with Crippen LogP contribution in [0.5, 0.6) is 0 Å². The number of nitrogen functional groups attached to an aromatic ring is 1. The van der Waals surface area contributed by atoms with Crippen LogP contribution in [-0.2, 0) is 0 Å². The summed E-state index contributed by atoms with van der Waals surface area (Å²) in [5.74, 6) is 0.0658. The molecule has 0 saturated carbocycles. The van der Waals surface area contributed by atoms with E-state index in [1.165, 1.54) is 0 Å². The number of alkyl halides is 2. The van der Waals surface area contributed by atoms with Crippen LogP contribution in [-0.4, -0.2) is 4.98 Å². The van der Waals surface area contributed by atoms with Gasteiger partial charge in [-0.2, -0.15) is 0 Å². The average Bonchev–Trinajstić information content (AvgIpc) is 1.94. The molecule has 1 aromatic heterocycles. The van der Waals surface area contributed by atoms with E-state index in [1.54, 1.807) is 0 Å². The molecule has 1 rings (SSSR count). The van der Waals surface area contributed by atoms with Crippen LogP contribution < -0.4 is 5.73 Å². The van der Waals surface area contributed by atoms with Gasteiger partial charge in [0.05, 0.1) is 5.02 Å². The van der Waals surface area contributed by atoms with Crippen molar-refractivity contribution in [2.75, 3.05) is 5.73 Å². The van der Waals surface area contributed by atoms with Crippen molar-refractivity contribution in [3.63, 3.8) is 0 Å². The highest BCUT2D eigenvalue weighted by atomic mass is 35.5. The second kappa shape index (κ2) is 3.00. The number of halogens is 3. The SMILES string of the molecule is Nc1ncc(C(F)F)cc1Cl. The van der Waals surface area contributed by atoms with Gasteiger partial charge < -0.3 is 5.73 Å². The van der Waals surface area contributed by atoms with E-state index in [4.69, 9.17) is 17.3 Å². The zero-order valence-corrected chi connectivity index (χ0v) is 6.15. The summed E-state index contributed by atoms with van der Waals surface area (Å²) in [6, 6.07) is 1.11. The highest BCUT2D eigenvalue weighted by Gasteiger charge is 2.08. The summed E-state index contributed by atoms with van der Waals surface area (Å²) < 4.78 is 23.9.